The van der Waals surface area contributed by atoms with Gasteiger partial charge in [-0.3, -0.25) is 19.4 Å². The van der Waals surface area contributed by atoms with E-state index in [0.29, 0.717) is 48.9 Å². The minimum Gasteiger partial charge on any atom is -0.444 e. The number of carbonyl (C=O) groups is 4. The number of carbonyl (C=O) groups excluding carboxylic acids is 4. The van der Waals surface area contributed by atoms with E-state index in [1.54, 1.807) is 39.8 Å². The predicted octanol–water partition coefficient (Wildman–Crippen LogP) is 2.55. The number of guanidine groups is 1. The van der Waals surface area contributed by atoms with Crippen molar-refractivity contribution in [2.24, 2.45) is 28.1 Å². The molecule has 0 aliphatic heterocycles. The standard InChI is InChI=1S/C33H52N8O7.ClH/c1-19(2)16-25(41-32(46)48-33(4,5)6)30(45)40-23(10-7-8-14-34)29(44)39-24(11-9-15-37-31(35)36)28(43)38-21-12-13-22-20(3)17-27(42)47-26(22)18-21;/h12-13,17-19,23-25H,7-11,14-16,34H2,1-6H3,(H,38,43)(H,39,44)(H,40,45)(H,41,46)(H4,35,36,37);1H/t23-,24-,25-;/m0./s1. The molecule has 0 saturated carbocycles. The zero-order valence-corrected chi connectivity index (χ0v) is 30.0. The third-order valence-electron chi connectivity index (χ3n) is 7.09. The maximum Gasteiger partial charge on any atom is 0.408 e. The van der Waals surface area contributed by atoms with Crippen LogP contribution in [0, 0.1) is 12.8 Å². The summed E-state index contributed by atoms with van der Waals surface area (Å²) in [6.45, 7) is 11.3. The Hall–Kier alpha value is -4.37. The van der Waals surface area contributed by atoms with Gasteiger partial charge < -0.3 is 47.6 Å². The number of alkyl carbamates (subject to hydrolysis) is 1. The average molecular weight is 709 g/mol. The maximum absolute atomic E-state index is 13.7. The number of hydrogen-bond donors (Lipinski definition) is 7. The summed E-state index contributed by atoms with van der Waals surface area (Å²) in [5, 5.41) is 11.6. The van der Waals surface area contributed by atoms with Crippen molar-refractivity contribution in [2.45, 2.75) is 104 Å². The van der Waals surface area contributed by atoms with E-state index in [0.717, 1.165) is 5.56 Å². The van der Waals surface area contributed by atoms with E-state index >= 15 is 0 Å². The van der Waals surface area contributed by atoms with Crippen LogP contribution in [0.3, 0.4) is 0 Å². The third-order valence-corrected chi connectivity index (χ3v) is 7.09. The fraction of sp³-hybridized carbons (Fsp3) is 0.576. The highest BCUT2D eigenvalue weighted by atomic mass is 35.5. The van der Waals surface area contributed by atoms with Gasteiger partial charge in [-0.25, -0.2) is 9.59 Å². The van der Waals surface area contributed by atoms with Crippen LogP contribution in [0.25, 0.3) is 11.0 Å². The number of anilines is 1. The Balaban J connectivity index is 0.0000120. The van der Waals surface area contributed by atoms with Crippen molar-refractivity contribution >= 4 is 58.8 Å². The number of halogens is 1. The Kier molecular flexibility index (Phi) is 17.6. The first-order valence-corrected chi connectivity index (χ1v) is 16.2. The van der Waals surface area contributed by atoms with E-state index in [-0.39, 0.29) is 43.7 Å². The van der Waals surface area contributed by atoms with Crippen LogP contribution in [-0.2, 0) is 19.1 Å². The zero-order valence-electron chi connectivity index (χ0n) is 29.2. The minimum absolute atomic E-state index is 0. The summed E-state index contributed by atoms with van der Waals surface area (Å²) in [5.74, 6) is -1.77. The Morgan fingerprint density at radius 2 is 1.51 bits per heavy atom. The topological polar surface area (TPSA) is 246 Å². The molecule has 3 atom stereocenters. The quantitative estimate of drug-likeness (QED) is 0.0548. The summed E-state index contributed by atoms with van der Waals surface area (Å²) in [4.78, 5) is 69.1. The van der Waals surface area contributed by atoms with Crippen molar-refractivity contribution in [2.75, 3.05) is 18.4 Å². The summed E-state index contributed by atoms with van der Waals surface area (Å²) in [7, 11) is 0. The summed E-state index contributed by atoms with van der Waals surface area (Å²) >= 11 is 0. The van der Waals surface area contributed by atoms with Gasteiger partial charge in [0.15, 0.2) is 5.96 Å². The maximum atomic E-state index is 13.7. The second kappa shape index (κ2) is 20.2. The van der Waals surface area contributed by atoms with Crippen LogP contribution >= 0.6 is 12.4 Å². The second-order valence-electron chi connectivity index (χ2n) is 13.1. The van der Waals surface area contributed by atoms with Gasteiger partial charge in [-0.1, -0.05) is 13.8 Å². The van der Waals surface area contributed by atoms with Crippen LogP contribution < -0.4 is 44.1 Å². The van der Waals surface area contributed by atoms with Crippen LogP contribution in [-0.4, -0.2) is 66.6 Å². The highest BCUT2D eigenvalue weighted by Crippen LogP contribution is 2.21. The predicted molar refractivity (Wildman–Crippen MR) is 192 cm³/mol. The highest BCUT2D eigenvalue weighted by molar-refractivity contribution is 6.00. The molecule has 2 rings (SSSR count). The lowest BCUT2D eigenvalue weighted by Crippen LogP contribution is -2.56. The Morgan fingerprint density at radius 3 is 2.10 bits per heavy atom. The SMILES string of the molecule is Cc1cc(=O)oc2cc(NC(=O)[C@H](CCCN=C(N)N)NC(=O)[C@H](CCCCN)NC(=O)[C@H](CC(C)C)NC(=O)OC(C)(C)C)ccc12.Cl. The number of nitrogens with zero attached hydrogens (tertiary/aromatic N) is 1. The second-order valence-corrected chi connectivity index (χ2v) is 13.1. The molecule has 0 aliphatic rings. The molecule has 49 heavy (non-hydrogen) atoms. The smallest absolute Gasteiger partial charge is 0.408 e. The number of amides is 4. The number of aryl methyl sites for hydroxylation is 1. The molecule has 0 fully saturated rings. The van der Waals surface area contributed by atoms with Gasteiger partial charge in [0.1, 0.15) is 29.3 Å². The molecule has 16 heteroatoms. The van der Waals surface area contributed by atoms with Crippen LogP contribution in [0.5, 0.6) is 0 Å². The highest BCUT2D eigenvalue weighted by Gasteiger charge is 2.31. The van der Waals surface area contributed by atoms with Crippen molar-refractivity contribution in [1.82, 2.24) is 16.0 Å². The number of ether oxygens (including phenoxy) is 1. The van der Waals surface area contributed by atoms with E-state index in [9.17, 15) is 24.0 Å². The van der Waals surface area contributed by atoms with Gasteiger partial charge in [-0.2, -0.15) is 0 Å². The normalized spacial score (nSPS) is 13.0. The third kappa shape index (κ3) is 15.6. The van der Waals surface area contributed by atoms with E-state index in [1.165, 1.54) is 12.1 Å². The summed E-state index contributed by atoms with van der Waals surface area (Å²) in [5.41, 5.74) is 16.6. The number of unbranched alkanes of at least 4 members (excludes halogenated alkanes) is 1. The lowest BCUT2D eigenvalue weighted by molar-refractivity contribution is -0.132. The van der Waals surface area contributed by atoms with Crippen molar-refractivity contribution < 1.29 is 28.3 Å². The monoisotopic (exact) mass is 708 g/mol. The molecule has 1 aromatic heterocycles. The first kappa shape index (κ1) is 42.7. The largest absolute Gasteiger partial charge is 0.444 e. The molecule has 0 aliphatic carbocycles. The van der Waals surface area contributed by atoms with Crippen LogP contribution in [0.15, 0.2) is 38.5 Å². The van der Waals surface area contributed by atoms with Gasteiger partial charge in [-0.15, -0.1) is 12.4 Å². The van der Waals surface area contributed by atoms with Gasteiger partial charge in [0, 0.05) is 29.8 Å². The summed E-state index contributed by atoms with van der Waals surface area (Å²) < 4.78 is 10.6. The molecule has 1 heterocycles. The Bertz CT molecular complexity index is 1500. The van der Waals surface area contributed by atoms with Crippen LogP contribution in [0.2, 0.25) is 0 Å². The molecule has 1 aromatic carbocycles. The van der Waals surface area contributed by atoms with Gasteiger partial charge in [0.2, 0.25) is 17.7 Å². The molecule has 10 N–H and O–H groups in total. The number of hydrogen-bond acceptors (Lipinski definition) is 9. The molecule has 0 bridgehead atoms. The molecular formula is C33H53ClN8O7. The Labute approximate surface area is 293 Å². The number of nitrogens with two attached hydrogens (primary N) is 3. The molecule has 0 spiro atoms. The first-order chi connectivity index (χ1) is 22.5. The molecular weight excluding hydrogens is 656 g/mol. The van der Waals surface area contributed by atoms with Crippen LogP contribution in [0.1, 0.15) is 78.7 Å². The first-order valence-electron chi connectivity index (χ1n) is 16.2. The van der Waals surface area contributed by atoms with Crippen LogP contribution in [0.4, 0.5) is 10.5 Å². The van der Waals surface area contributed by atoms with E-state index < -0.39 is 53.2 Å². The van der Waals surface area contributed by atoms with Crippen molar-refractivity contribution in [3.05, 3.63) is 40.2 Å². The van der Waals surface area contributed by atoms with Gasteiger partial charge >= 0.3 is 11.7 Å². The average Bonchev–Trinajstić information content (AvgIpc) is 2.96. The fourth-order valence-corrected chi connectivity index (χ4v) is 4.86. The Morgan fingerprint density at radius 1 is 0.898 bits per heavy atom. The van der Waals surface area contributed by atoms with Gasteiger partial charge in [-0.05, 0) is 96.4 Å². The lowest BCUT2D eigenvalue weighted by atomic mass is 10.0. The zero-order chi connectivity index (χ0) is 36.0. The van der Waals surface area contributed by atoms with Crippen molar-refractivity contribution in [3.8, 4) is 0 Å². The molecule has 0 radical (unpaired) electrons. The van der Waals surface area contributed by atoms with Crippen molar-refractivity contribution in [1.29, 1.82) is 0 Å². The molecule has 2 aromatic rings. The minimum atomic E-state index is -1.05. The molecule has 4 amide bonds. The van der Waals surface area contributed by atoms with E-state index in [2.05, 4.69) is 26.3 Å². The molecule has 274 valence electrons. The number of nitrogens with one attached hydrogen (secondary N) is 4. The van der Waals surface area contributed by atoms with Crippen molar-refractivity contribution in [3.63, 3.8) is 0 Å². The number of benzene rings is 1. The lowest BCUT2D eigenvalue weighted by Gasteiger charge is -2.27. The summed E-state index contributed by atoms with van der Waals surface area (Å²) in [6.07, 6.45) is 1.41. The molecule has 0 saturated heterocycles. The summed E-state index contributed by atoms with van der Waals surface area (Å²) in [6, 6.07) is 3.23. The van der Waals surface area contributed by atoms with E-state index in [1.807, 2.05) is 13.8 Å². The fourth-order valence-electron chi connectivity index (χ4n) is 4.86. The van der Waals surface area contributed by atoms with Gasteiger partial charge in [0.05, 0.1) is 0 Å². The van der Waals surface area contributed by atoms with E-state index in [4.69, 9.17) is 26.4 Å². The molecule has 15 nitrogen and oxygen atoms in total. The number of fused-ring (bicyclic) bond motifs is 1. The van der Waals surface area contributed by atoms with Gasteiger partial charge in [0.25, 0.3) is 0 Å². The number of aliphatic imine (C=N–C) groups is 1. The number of rotatable bonds is 17. The molecule has 0 unspecified atom stereocenters.